The molecule has 0 aliphatic rings. The maximum absolute atomic E-state index is 5.98. The Morgan fingerprint density at radius 3 is 2.76 bits per heavy atom. The fraction of sp³-hybridized carbons (Fsp3) is 0.308. The molecule has 4 heteroatoms. The zero-order chi connectivity index (χ0) is 12.4. The molecular weight excluding hydrogens is 214 g/mol. The van der Waals surface area contributed by atoms with Gasteiger partial charge in [0.05, 0.1) is 19.3 Å². The summed E-state index contributed by atoms with van der Waals surface area (Å²) >= 11 is 0. The molecule has 2 rings (SSSR count). The molecule has 0 fully saturated rings. The first kappa shape index (κ1) is 11.5. The van der Waals surface area contributed by atoms with Gasteiger partial charge in [-0.25, -0.2) is 4.68 Å². The lowest BCUT2D eigenvalue weighted by atomic mass is 10.1. The Bertz CT molecular complexity index is 519. The van der Waals surface area contributed by atoms with E-state index in [0.29, 0.717) is 5.82 Å². The number of anilines is 1. The van der Waals surface area contributed by atoms with Crippen LogP contribution >= 0.6 is 0 Å². The van der Waals surface area contributed by atoms with E-state index in [-0.39, 0.29) is 6.04 Å². The van der Waals surface area contributed by atoms with Crippen molar-refractivity contribution in [3.05, 3.63) is 41.6 Å². The van der Waals surface area contributed by atoms with Crippen LogP contribution < -0.4 is 10.5 Å². The zero-order valence-electron chi connectivity index (χ0n) is 10.3. The average Bonchev–Trinajstić information content (AvgIpc) is 2.69. The summed E-state index contributed by atoms with van der Waals surface area (Å²) < 4.78 is 7.04. The molecule has 1 atom stereocenters. The van der Waals surface area contributed by atoms with Gasteiger partial charge in [-0.1, -0.05) is 12.1 Å². The fourth-order valence-corrected chi connectivity index (χ4v) is 1.81. The van der Waals surface area contributed by atoms with Gasteiger partial charge in [-0.3, -0.25) is 0 Å². The van der Waals surface area contributed by atoms with E-state index in [4.69, 9.17) is 10.5 Å². The monoisotopic (exact) mass is 231 g/mol. The topological polar surface area (TPSA) is 53.1 Å². The number of ether oxygens (including phenoxy) is 1. The molecule has 1 heterocycles. The van der Waals surface area contributed by atoms with Gasteiger partial charge >= 0.3 is 0 Å². The molecule has 4 nitrogen and oxygen atoms in total. The van der Waals surface area contributed by atoms with E-state index in [1.807, 2.05) is 35.9 Å². The second-order valence-electron chi connectivity index (χ2n) is 4.11. The van der Waals surface area contributed by atoms with Gasteiger partial charge in [0.15, 0.2) is 0 Å². The van der Waals surface area contributed by atoms with Crippen molar-refractivity contribution in [2.75, 3.05) is 12.8 Å². The lowest BCUT2D eigenvalue weighted by molar-refractivity contribution is 0.413. The number of nitrogens with zero attached hydrogens (tertiary/aromatic N) is 2. The van der Waals surface area contributed by atoms with Gasteiger partial charge in [-0.05, 0) is 31.5 Å². The van der Waals surface area contributed by atoms with Crippen LogP contribution in [-0.2, 0) is 0 Å². The van der Waals surface area contributed by atoms with E-state index in [1.54, 1.807) is 13.3 Å². The fourth-order valence-electron chi connectivity index (χ4n) is 1.81. The quantitative estimate of drug-likeness (QED) is 0.882. The molecule has 17 heavy (non-hydrogen) atoms. The molecule has 2 aromatic rings. The van der Waals surface area contributed by atoms with Gasteiger partial charge < -0.3 is 10.5 Å². The second kappa shape index (κ2) is 4.49. The van der Waals surface area contributed by atoms with Gasteiger partial charge in [0.1, 0.15) is 11.6 Å². The summed E-state index contributed by atoms with van der Waals surface area (Å²) in [6.07, 6.45) is 1.78. The first-order chi connectivity index (χ1) is 8.13. The maximum atomic E-state index is 5.98. The summed E-state index contributed by atoms with van der Waals surface area (Å²) in [5, 5.41) is 4.30. The first-order valence-electron chi connectivity index (χ1n) is 5.57. The van der Waals surface area contributed by atoms with Crippen LogP contribution in [0.5, 0.6) is 5.75 Å². The van der Waals surface area contributed by atoms with Gasteiger partial charge in [0.2, 0.25) is 0 Å². The van der Waals surface area contributed by atoms with Gasteiger partial charge in [-0.2, -0.15) is 5.10 Å². The predicted octanol–water partition coefficient (Wildman–Crippen LogP) is 2.39. The molecule has 1 aromatic carbocycles. The van der Waals surface area contributed by atoms with Crippen molar-refractivity contribution in [2.45, 2.75) is 19.9 Å². The average molecular weight is 231 g/mol. The Labute approximate surface area is 101 Å². The van der Waals surface area contributed by atoms with E-state index in [0.717, 1.165) is 16.9 Å². The molecule has 1 unspecified atom stereocenters. The molecule has 0 radical (unpaired) electrons. The summed E-state index contributed by atoms with van der Waals surface area (Å²) in [5.41, 5.74) is 8.10. The Hall–Kier alpha value is -1.97. The van der Waals surface area contributed by atoms with Crippen molar-refractivity contribution in [3.8, 4) is 5.75 Å². The minimum absolute atomic E-state index is 0.0961. The molecule has 0 saturated heterocycles. The number of nitrogen functional groups attached to an aromatic ring is 1. The molecule has 0 amide bonds. The van der Waals surface area contributed by atoms with Crippen LogP contribution in [0.1, 0.15) is 24.1 Å². The molecule has 90 valence electrons. The molecule has 0 bridgehead atoms. The van der Waals surface area contributed by atoms with Crippen molar-refractivity contribution in [3.63, 3.8) is 0 Å². The maximum Gasteiger partial charge on any atom is 0.125 e. The van der Waals surface area contributed by atoms with Gasteiger partial charge in [0.25, 0.3) is 0 Å². The van der Waals surface area contributed by atoms with E-state index in [9.17, 15) is 0 Å². The Balaban J connectivity index is 2.36. The van der Waals surface area contributed by atoms with Crippen LogP contribution in [0.4, 0.5) is 5.82 Å². The summed E-state index contributed by atoms with van der Waals surface area (Å²) in [5.74, 6) is 1.55. The van der Waals surface area contributed by atoms with Crippen molar-refractivity contribution in [1.29, 1.82) is 0 Å². The highest BCUT2D eigenvalue weighted by Crippen LogP contribution is 2.24. The lowest BCUT2D eigenvalue weighted by Gasteiger charge is -2.15. The molecular formula is C13H17N3O. The standard InChI is InChI=1S/C13H17N3O/c1-9-8-15-16(13(9)14)10(2)11-5-4-6-12(7-11)17-3/h4-8,10H,14H2,1-3H3. The third-order valence-electron chi connectivity index (χ3n) is 2.97. The second-order valence-corrected chi connectivity index (χ2v) is 4.11. The lowest BCUT2D eigenvalue weighted by Crippen LogP contribution is -2.11. The van der Waals surface area contributed by atoms with Gasteiger partial charge in [-0.15, -0.1) is 0 Å². The number of hydrogen-bond acceptors (Lipinski definition) is 3. The first-order valence-corrected chi connectivity index (χ1v) is 5.57. The Kier molecular flexibility index (Phi) is 3.04. The third-order valence-corrected chi connectivity index (χ3v) is 2.97. The number of aryl methyl sites for hydroxylation is 1. The third kappa shape index (κ3) is 2.11. The number of aromatic nitrogens is 2. The van der Waals surface area contributed by atoms with Crippen LogP contribution in [0.3, 0.4) is 0 Å². The number of hydrogen-bond donors (Lipinski definition) is 1. The molecule has 0 aliphatic carbocycles. The molecule has 0 aliphatic heterocycles. The van der Waals surface area contributed by atoms with Crippen LogP contribution in [0.15, 0.2) is 30.5 Å². The predicted molar refractivity (Wildman–Crippen MR) is 68.2 cm³/mol. The summed E-state index contributed by atoms with van der Waals surface area (Å²) in [6, 6.07) is 8.04. The highest BCUT2D eigenvalue weighted by molar-refractivity contribution is 5.40. The molecule has 0 spiro atoms. The molecule has 0 saturated carbocycles. The minimum atomic E-state index is 0.0961. The highest BCUT2D eigenvalue weighted by Gasteiger charge is 2.13. The van der Waals surface area contributed by atoms with Crippen LogP contribution in [0, 0.1) is 6.92 Å². The van der Waals surface area contributed by atoms with Crippen molar-refractivity contribution < 1.29 is 4.74 Å². The number of benzene rings is 1. The van der Waals surface area contributed by atoms with Gasteiger partial charge in [0, 0.05) is 5.56 Å². The molecule has 2 N–H and O–H groups in total. The summed E-state index contributed by atoms with van der Waals surface area (Å²) in [6.45, 7) is 4.02. The van der Waals surface area contributed by atoms with Crippen molar-refractivity contribution in [2.24, 2.45) is 0 Å². The largest absolute Gasteiger partial charge is 0.497 e. The van der Waals surface area contributed by atoms with Crippen LogP contribution in [-0.4, -0.2) is 16.9 Å². The zero-order valence-corrected chi connectivity index (χ0v) is 10.3. The normalized spacial score (nSPS) is 12.4. The van der Waals surface area contributed by atoms with Crippen molar-refractivity contribution >= 4 is 5.82 Å². The Morgan fingerprint density at radius 2 is 2.18 bits per heavy atom. The Morgan fingerprint density at radius 1 is 1.41 bits per heavy atom. The number of methoxy groups -OCH3 is 1. The van der Waals surface area contributed by atoms with E-state index in [2.05, 4.69) is 12.0 Å². The van der Waals surface area contributed by atoms with Crippen LogP contribution in [0.2, 0.25) is 0 Å². The van der Waals surface area contributed by atoms with E-state index in [1.165, 1.54) is 0 Å². The van der Waals surface area contributed by atoms with E-state index >= 15 is 0 Å². The van der Waals surface area contributed by atoms with Crippen molar-refractivity contribution in [1.82, 2.24) is 9.78 Å². The molecule has 1 aromatic heterocycles. The smallest absolute Gasteiger partial charge is 0.125 e. The highest BCUT2D eigenvalue weighted by atomic mass is 16.5. The summed E-state index contributed by atoms with van der Waals surface area (Å²) in [4.78, 5) is 0. The number of nitrogens with two attached hydrogens (primary N) is 1. The van der Waals surface area contributed by atoms with E-state index < -0.39 is 0 Å². The summed E-state index contributed by atoms with van der Waals surface area (Å²) in [7, 11) is 1.66. The minimum Gasteiger partial charge on any atom is -0.497 e. The number of rotatable bonds is 3. The van der Waals surface area contributed by atoms with Crippen LogP contribution in [0.25, 0.3) is 0 Å². The SMILES string of the molecule is COc1cccc(C(C)n2ncc(C)c2N)c1.